The van der Waals surface area contributed by atoms with Crippen molar-refractivity contribution in [3.63, 3.8) is 0 Å². The van der Waals surface area contributed by atoms with Crippen LogP contribution in [0.4, 0.5) is 11.4 Å². The molecule has 0 fully saturated rings. The first-order valence-corrected chi connectivity index (χ1v) is 9.52. The van der Waals surface area contributed by atoms with E-state index in [2.05, 4.69) is 15.8 Å². The number of hydrogen-bond donors (Lipinski definition) is 2. The zero-order valence-corrected chi connectivity index (χ0v) is 17.2. The highest BCUT2D eigenvalue weighted by Crippen LogP contribution is 2.14. The van der Waals surface area contributed by atoms with Crippen molar-refractivity contribution in [2.75, 3.05) is 24.3 Å². The number of hydrazone groups is 1. The lowest BCUT2D eigenvalue weighted by molar-refractivity contribution is 0.0954. The Balaban J connectivity index is 1.57. The Kier molecular flexibility index (Phi) is 6.60. The highest BCUT2D eigenvalue weighted by molar-refractivity contribution is 6.05. The molecule has 0 aromatic heterocycles. The van der Waals surface area contributed by atoms with Gasteiger partial charge in [-0.3, -0.25) is 9.59 Å². The summed E-state index contributed by atoms with van der Waals surface area (Å²) in [5.74, 6) is -0.511. The van der Waals surface area contributed by atoms with Crippen molar-refractivity contribution < 1.29 is 9.59 Å². The summed E-state index contributed by atoms with van der Waals surface area (Å²) in [6, 6.07) is 21.9. The van der Waals surface area contributed by atoms with Gasteiger partial charge in [0.05, 0.1) is 6.21 Å². The second kappa shape index (κ2) is 9.52. The lowest BCUT2D eigenvalue weighted by Gasteiger charge is -2.11. The molecule has 0 aliphatic rings. The maximum Gasteiger partial charge on any atom is 0.271 e. The van der Waals surface area contributed by atoms with Crippen LogP contribution in [0.15, 0.2) is 77.9 Å². The van der Waals surface area contributed by atoms with Crippen LogP contribution in [0.1, 0.15) is 31.8 Å². The van der Waals surface area contributed by atoms with Crippen molar-refractivity contribution in [1.82, 2.24) is 5.43 Å². The molecule has 3 aromatic rings. The third-order valence-electron chi connectivity index (χ3n) is 4.58. The van der Waals surface area contributed by atoms with Crippen molar-refractivity contribution in [2.45, 2.75) is 6.92 Å². The summed E-state index contributed by atoms with van der Waals surface area (Å²) in [6.45, 7) is 1.89. The van der Waals surface area contributed by atoms with Crippen LogP contribution in [-0.4, -0.2) is 32.1 Å². The Hall–Kier alpha value is -3.93. The Morgan fingerprint density at radius 1 is 0.867 bits per heavy atom. The normalized spacial score (nSPS) is 10.6. The molecule has 0 unspecified atom stereocenters. The van der Waals surface area contributed by atoms with Gasteiger partial charge in [-0.05, 0) is 60.5 Å². The number of amides is 2. The average molecular weight is 400 g/mol. The van der Waals surface area contributed by atoms with Gasteiger partial charge in [-0.2, -0.15) is 5.10 Å². The van der Waals surface area contributed by atoms with Gasteiger partial charge in [-0.25, -0.2) is 5.43 Å². The first-order valence-electron chi connectivity index (χ1n) is 9.52. The summed E-state index contributed by atoms with van der Waals surface area (Å²) in [7, 11) is 3.95. The number of aryl methyl sites for hydroxylation is 1. The van der Waals surface area contributed by atoms with E-state index in [0.29, 0.717) is 16.8 Å². The molecule has 0 heterocycles. The molecule has 152 valence electrons. The van der Waals surface area contributed by atoms with Crippen LogP contribution >= 0.6 is 0 Å². The molecule has 2 N–H and O–H groups in total. The fraction of sp³-hybridized carbons (Fsp3) is 0.125. The fourth-order valence-electron chi connectivity index (χ4n) is 2.82. The highest BCUT2D eigenvalue weighted by atomic mass is 16.2. The standard InChI is InChI=1S/C24H24N4O2/c1-17-6-4-5-7-22(17)24(30)26-20-12-10-19(11-13-20)23(29)27-25-16-18-8-14-21(15-9-18)28(2)3/h4-16H,1-3H3,(H,26,30)(H,27,29)/b25-16-. The number of carbonyl (C=O) groups excluding carboxylic acids is 2. The van der Waals surface area contributed by atoms with E-state index >= 15 is 0 Å². The van der Waals surface area contributed by atoms with Crippen LogP contribution in [0.25, 0.3) is 0 Å². The number of hydrogen-bond acceptors (Lipinski definition) is 4. The van der Waals surface area contributed by atoms with Gasteiger partial charge in [0.1, 0.15) is 0 Å². The number of nitrogens with one attached hydrogen (secondary N) is 2. The predicted molar refractivity (Wildman–Crippen MR) is 121 cm³/mol. The van der Waals surface area contributed by atoms with Crippen LogP contribution in [0.3, 0.4) is 0 Å². The minimum Gasteiger partial charge on any atom is -0.378 e. The maximum atomic E-state index is 12.4. The zero-order chi connectivity index (χ0) is 21.5. The van der Waals surface area contributed by atoms with Crippen molar-refractivity contribution in [2.24, 2.45) is 5.10 Å². The van der Waals surface area contributed by atoms with Gasteiger partial charge >= 0.3 is 0 Å². The van der Waals surface area contributed by atoms with Crippen LogP contribution in [-0.2, 0) is 0 Å². The second-order valence-electron chi connectivity index (χ2n) is 7.03. The van der Waals surface area contributed by atoms with E-state index in [1.54, 1.807) is 36.5 Å². The van der Waals surface area contributed by atoms with E-state index in [9.17, 15) is 9.59 Å². The minimum absolute atomic E-state index is 0.185. The summed E-state index contributed by atoms with van der Waals surface area (Å²) in [5.41, 5.74) is 7.07. The van der Waals surface area contributed by atoms with Gasteiger partial charge in [0, 0.05) is 36.6 Å². The van der Waals surface area contributed by atoms with E-state index in [1.165, 1.54) is 0 Å². The molecule has 3 aromatic carbocycles. The fourth-order valence-corrected chi connectivity index (χ4v) is 2.82. The van der Waals surface area contributed by atoms with Crippen molar-refractivity contribution >= 4 is 29.4 Å². The molecule has 0 atom stereocenters. The van der Waals surface area contributed by atoms with Crippen LogP contribution in [0.5, 0.6) is 0 Å². The number of rotatable bonds is 6. The van der Waals surface area contributed by atoms with Crippen LogP contribution in [0, 0.1) is 6.92 Å². The Bertz CT molecular complexity index is 1060. The molecule has 3 rings (SSSR count). The molecular formula is C24H24N4O2. The molecule has 0 aliphatic carbocycles. The summed E-state index contributed by atoms with van der Waals surface area (Å²) < 4.78 is 0. The lowest BCUT2D eigenvalue weighted by atomic mass is 10.1. The van der Waals surface area contributed by atoms with E-state index in [-0.39, 0.29) is 11.8 Å². The van der Waals surface area contributed by atoms with Gasteiger partial charge in [0.15, 0.2) is 0 Å². The van der Waals surface area contributed by atoms with Crippen LogP contribution < -0.4 is 15.6 Å². The highest BCUT2D eigenvalue weighted by Gasteiger charge is 2.09. The monoisotopic (exact) mass is 400 g/mol. The third-order valence-corrected chi connectivity index (χ3v) is 4.58. The molecule has 0 saturated heterocycles. The van der Waals surface area contributed by atoms with E-state index in [4.69, 9.17) is 0 Å². The number of carbonyl (C=O) groups is 2. The smallest absolute Gasteiger partial charge is 0.271 e. The third kappa shape index (κ3) is 5.32. The molecule has 6 heteroatoms. The van der Waals surface area contributed by atoms with Gasteiger partial charge in [-0.15, -0.1) is 0 Å². The SMILES string of the molecule is Cc1ccccc1C(=O)Nc1ccc(C(=O)N/N=C\c2ccc(N(C)C)cc2)cc1. The molecular weight excluding hydrogens is 376 g/mol. The van der Waals surface area contributed by atoms with Gasteiger partial charge in [0.25, 0.3) is 11.8 Å². The number of nitrogens with zero attached hydrogens (tertiary/aromatic N) is 2. The molecule has 30 heavy (non-hydrogen) atoms. The second-order valence-corrected chi connectivity index (χ2v) is 7.03. The largest absolute Gasteiger partial charge is 0.378 e. The summed E-state index contributed by atoms with van der Waals surface area (Å²) in [5, 5.41) is 6.84. The van der Waals surface area contributed by atoms with Gasteiger partial charge < -0.3 is 10.2 Å². The summed E-state index contributed by atoms with van der Waals surface area (Å²) in [6.07, 6.45) is 1.59. The zero-order valence-electron chi connectivity index (χ0n) is 17.2. The number of anilines is 2. The minimum atomic E-state index is -0.326. The first-order chi connectivity index (χ1) is 14.4. The van der Waals surface area contributed by atoms with Gasteiger partial charge in [0.2, 0.25) is 0 Å². The quantitative estimate of drug-likeness (QED) is 0.484. The topological polar surface area (TPSA) is 73.8 Å². The van der Waals surface area contributed by atoms with Crippen molar-refractivity contribution in [3.05, 3.63) is 95.1 Å². The van der Waals surface area contributed by atoms with Crippen molar-refractivity contribution in [1.29, 1.82) is 0 Å². The molecule has 0 radical (unpaired) electrons. The van der Waals surface area contributed by atoms with E-state index in [0.717, 1.165) is 16.8 Å². The molecule has 0 spiro atoms. The molecule has 6 nitrogen and oxygen atoms in total. The van der Waals surface area contributed by atoms with Gasteiger partial charge in [-0.1, -0.05) is 30.3 Å². The van der Waals surface area contributed by atoms with Crippen LogP contribution in [0.2, 0.25) is 0 Å². The molecule has 0 saturated carbocycles. The Morgan fingerprint density at radius 3 is 2.17 bits per heavy atom. The molecule has 2 amide bonds. The summed E-state index contributed by atoms with van der Waals surface area (Å²) >= 11 is 0. The van der Waals surface area contributed by atoms with Crippen molar-refractivity contribution in [3.8, 4) is 0 Å². The predicted octanol–water partition coefficient (Wildman–Crippen LogP) is 4.08. The first kappa shape index (κ1) is 20.8. The maximum absolute atomic E-state index is 12.4. The van der Waals surface area contributed by atoms with E-state index in [1.807, 2.05) is 68.4 Å². The van der Waals surface area contributed by atoms with E-state index < -0.39 is 0 Å². The Labute approximate surface area is 176 Å². The molecule has 0 bridgehead atoms. The number of benzene rings is 3. The molecule has 0 aliphatic heterocycles. The summed E-state index contributed by atoms with van der Waals surface area (Å²) in [4.78, 5) is 26.6. The Morgan fingerprint density at radius 2 is 1.53 bits per heavy atom. The average Bonchev–Trinajstić information content (AvgIpc) is 2.74. The lowest BCUT2D eigenvalue weighted by Crippen LogP contribution is -2.18.